The van der Waals surface area contributed by atoms with Gasteiger partial charge in [0.25, 0.3) is 0 Å². The van der Waals surface area contributed by atoms with Crippen LogP contribution in [0.3, 0.4) is 0 Å². The predicted octanol–water partition coefficient (Wildman–Crippen LogP) is 2.57. The quantitative estimate of drug-likeness (QED) is 0.545. The highest BCUT2D eigenvalue weighted by atomic mass is 79.9. The average Bonchev–Trinajstić information content (AvgIpc) is 2.92. The van der Waals surface area contributed by atoms with Gasteiger partial charge >= 0.3 is 17.9 Å². The molecule has 0 saturated carbocycles. The Morgan fingerprint density at radius 3 is 2.21 bits per heavy atom. The van der Waals surface area contributed by atoms with Gasteiger partial charge in [-0.1, -0.05) is 6.08 Å². The number of ether oxygens (including phenoxy) is 3. The first-order chi connectivity index (χ1) is 13.3. The second-order valence-electron chi connectivity index (χ2n) is 5.22. The molecule has 0 aliphatic carbocycles. The van der Waals surface area contributed by atoms with Gasteiger partial charge in [-0.3, -0.25) is 0 Å². The average molecular weight is 456 g/mol. The number of carbonyl (C=O) groups is 3. The fourth-order valence-electron chi connectivity index (χ4n) is 2.43. The van der Waals surface area contributed by atoms with Crippen molar-refractivity contribution in [3.8, 4) is 5.75 Å². The van der Waals surface area contributed by atoms with Gasteiger partial charge in [0, 0.05) is 6.20 Å². The van der Waals surface area contributed by atoms with Crippen molar-refractivity contribution in [2.24, 2.45) is 0 Å². The Balaban J connectivity index is 2.84. The van der Waals surface area contributed by atoms with Crippen molar-refractivity contribution >= 4 is 39.5 Å². The van der Waals surface area contributed by atoms with E-state index in [0.29, 0.717) is 0 Å². The Hall–Kier alpha value is -3.14. The van der Waals surface area contributed by atoms with Crippen molar-refractivity contribution in [2.75, 3.05) is 26.2 Å². The van der Waals surface area contributed by atoms with E-state index in [1.807, 2.05) is 0 Å². The number of allylic oxidation sites excluding steroid dienone is 2. The van der Waals surface area contributed by atoms with E-state index in [2.05, 4.69) is 20.7 Å². The van der Waals surface area contributed by atoms with Gasteiger partial charge in [-0.05, 0) is 34.1 Å². The summed E-state index contributed by atoms with van der Waals surface area (Å²) in [7, 11) is 3.25. The van der Waals surface area contributed by atoms with E-state index in [4.69, 9.17) is 9.47 Å². The van der Waals surface area contributed by atoms with Crippen LogP contribution in [0.1, 0.15) is 10.4 Å². The monoisotopic (exact) mass is 455 g/mol. The molecule has 0 fully saturated rings. The zero-order valence-electron chi connectivity index (χ0n) is 15.0. The minimum atomic E-state index is -1.13. The molecule has 10 heteroatoms. The summed E-state index contributed by atoms with van der Waals surface area (Å²) in [5, 5.41) is 10.5. The number of aromatic hydroxyl groups is 1. The predicted molar refractivity (Wildman–Crippen MR) is 98.9 cm³/mol. The molecule has 0 unspecified atom stereocenters. The van der Waals surface area contributed by atoms with E-state index in [-0.39, 0.29) is 21.4 Å². The maximum absolute atomic E-state index is 14.4. The van der Waals surface area contributed by atoms with E-state index in [9.17, 15) is 23.9 Å². The Labute approximate surface area is 167 Å². The van der Waals surface area contributed by atoms with E-state index < -0.39 is 35.0 Å². The third kappa shape index (κ3) is 3.77. The van der Waals surface area contributed by atoms with Gasteiger partial charge in [-0.15, -0.1) is 0 Å². The van der Waals surface area contributed by atoms with Crippen molar-refractivity contribution in [3.05, 3.63) is 57.6 Å². The van der Waals surface area contributed by atoms with Crippen molar-refractivity contribution in [1.29, 1.82) is 0 Å². The summed E-state index contributed by atoms with van der Waals surface area (Å²) in [6, 6.07) is 1.13. The summed E-state index contributed by atoms with van der Waals surface area (Å²) >= 11 is 2.96. The summed E-state index contributed by atoms with van der Waals surface area (Å²) in [5.74, 6) is -4.77. The summed E-state index contributed by atoms with van der Waals surface area (Å²) in [6.07, 6.45) is 5.53. The highest BCUT2D eigenvalue weighted by Crippen LogP contribution is 2.40. The van der Waals surface area contributed by atoms with Gasteiger partial charge < -0.3 is 24.2 Å². The van der Waals surface area contributed by atoms with Gasteiger partial charge in [-0.25, -0.2) is 18.8 Å². The first-order valence-electron chi connectivity index (χ1n) is 7.62. The van der Waals surface area contributed by atoms with Crippen molar-refractivity contribution in [1.82, 2.24) is 0 Å². The SMILES string of the molecule is COC(=O)C1=C(C(=O)OC)N(c2cc(Br)c(F)c(C(=O)OC)c2O)C=CC=C1. The highest BCUT2D eigenvalue weighted by Gasteiger charge is 2.32. The Kier molecular flexibility index (Phi) is 6.57. The number of methoxy groups -OCH3 is 3. The van der Waals surface area contributed by atoms with Crippen molar-refractivity contribution in [2.45, 2.75) is 0 Å². The molecular formula is C18H15BrFNO7. The van der Waals surface area contributed by atoms with Gasteiger partial charge in [0.05, 0.1) is 37.1 Å². The van der Waals surface area contributed by atoms with Crippen LogP contribution in [-0.4, -0.2) is 44.3 Å². The molecule has 1 heterocycles. The topological polar surface area (TPSA) is 102 Å². The molecule has 0 radical (unpaired) electrons. The highest BCUT2D eigenvalue weighted by molar-refractivity contribution is 9.10. The number of hydrogen-bond acceptors (Lipinski definition) is 8. The van der Waals surface area contributed by atoms with E-state index >= 15 is 0 Å². The first kappa shape index (κ1) is 21.2. The van der Waals surface area contributed by atoms with E-state index in [1.54, 1.807) is 0 Å². The van der Waals surface area contributed by atoms with E-state index in [0.717, 1.165) is 32.3 Å². The number of hydrogen-bond donors (Lipinski definition) is 1. The molecule has 28 heavy (non-hydrogen) atoms. The Bertz CT molecular complexity index is 936. The van der Waals surface area contributed by atoms with Crippen LogP contribution in [-0.2, 0) is 23.8 Å². The lowest BCUT2D eigenvalue weighted by Crippen LogP contribution is -2.27. The second-order valence-corrected chi connectivity index (χ2v) is 6.08. The number of phenols is 1. The van der Waals surface area contributed by atoms with E-state index in [1.165, 1.54) is 24.4 Å². The molecule has 1 aromatic rings. The van der Waals surface area contributed by atoms with Crippen LogP contribution < -0.4 is 4.90 Å². The normalized spacial score (nSPS) is 13.2. The summed E-state index contributed by atoms with van der Waals surface area (Å²) in [5.41, 5.74) is -1.43. The second kappa shape index (κ2) is 8.70. The molecule has 0 aromatic heterocycles. The third-order valence-corrected chi connectivity index (χ3v) is 4.29. The molecule has 0 atom stereocenters. The van der Waals surface area contributed by atoms with Crippen LogP contribution in [0.2, 0.25) is 0 Å². The molecule has 0 amide bonds. The molecule has 0 bridgehead atoms. The van der Waals surface area contributed by atoms with Gasteiger partial charge in [0.15, 0.2) is 11.6 Å². The lowest BCUT2D eigenvalue weighted by Gasteiger charge is -2.25. The molecule has 2 rings (SSSR count). The Morgan fingerprint density at radius 1 is 1.04 bits per heavy atom. The van der Waals surface area contributed by atoms with Crippen molar-refractivity contribution in [3.63, 3.8) is 0 Å². The smallest absolute Gasteiger partial charge is 0.355 e. The molecule has 148 valence electrons. The molecular weight excluding hydrogens is 441 g/mol. The number of rotatable bonds is 4. The number of benzene rings is 1. The fourth-order valence-corrected chi connectivity index (χ4v) is 2.84. The van der Waals surface area contributed by atoms with Gasteiger partial charge in [0.2, 0.25) is 0 Å². The number of phenolic OH excluding ortho intramolecular Hbond substituents is 1. The fraction of sp³-hybridized carbons (Fsp3) is 0.167. The first-order valence-corrected chi connectivity index (χ1v) is 8.42. The number of carbonyl (C=O) groups excluding carboxylic acids is 3. The number of esters is 3. The number of anilines is 1. The van der Waals surface area contributed by atoms with Gasteiger partial charge in [-0.2, -0.15) is 0 Å². The molecule has 1 aliphatic rings. The largest absolute Gasteiger partial charge is 0.505 e. The minimum absolute atomic E-state index is 0.182. The van der Waals surface area contributed by atoms with Crippen LogP contribution in [0.5, 0.6) is 5.75 Å². The lowest BCUT2D eigenvalue weighted by molar-refractivity contribution is -0.139. The van der Waals surface area contributed by atoms with Crippen LogP contribution in [0.4, 0.5) is 10.1 Å². The van der Waals surface area contributed by atoms with Crippen LogP contribution in [0.15, 0.2) is 46.2 Å². The molecule has 0 saturated heterocycles. The van der Waals surface area contributed by atoms with Crippen LogP contribution in [0, 0.1) is 5.82 Å². The zero-order valence-corrected chi connectivity index (χ0v) is 16.6. The molecule has 1 aromatic carbocycles. The standard InChI is InChI=1S/C18H15BrFNO7/c1-26-16(23)9-6-4-5-7-21(14(9)18(25)28-3)11-8-10(19)13(20)12(15(11)22)17(24)27-2/h4-8,22H,1-3H3. The summed E-state index contributed by atoms with van der Waals surface area (Å²) < 4.78 is 28.1. The summed E-state index contributed by atoms with van der Waals surface area (Å²) in [4.78, 5) is 37.6. The van der Waals surface area contributed by atoms with Crippen LogP contribution >= 0.6 is 15.9 Å². The van der Waals surface area contributed by atoms with Crippen LogP contribution in [0.25, 0.3) is 0 Å². The molecule has 1 N–H and O–H groups in total. The summed E-state index contributed by atoms with van der Waals surface area (Å²) in [6.45, 7) is 0. The number of nitrogens with zero attached hydrogens (tertiary/aromatic N) is 1. The zero-order chi connectivity index (χ0) is 21.0. The minimum Gasteiger partial charge on any atom is -0.505 e. The van der Waals surface area contributed by atoms with Crippen molar-refractivity contribution < 1.29 is 38.1 Å². The Morgan fingerprint density at radius 2 is 1.64 bits per heavy atom. The molecule has 0 spiro atoms. The van der Waals surface area contributed by atoms with Gasteiger partial charge in [0.1, 0.15) is 11.3 Å². The third-order valence-electron chi connectivity index (χ3n) is 3.71. The maximum atomic E-state index is 14.4. The number of halogens is 2. The molecule has 1 aliphatic heterocycles. The lowest BCUT2D eigenvalue weighted by atomic mass is 10.1. The molecule has 8 nitrogen and oxygen atoms in total. The maximum Gasteiger partial charge on any atom is 0.355 e.